The number of piperidine rings is 1. The summed E-state index contributed by atoms with van der Waals surface area (Å²) in [4.78, 5) is 34.9. The molecule has 1 spiro atoms. The Balaban J connectivity index is 0.00000200. The monoisotopic (exact) mass is 580 g/mol. The minimum atomic E-state index is -0.203. The first-order chi connectivity index (χ1) is 17.5. The molecule has 3 aliphatic rings. The fraction of sp³-hybridized carbons (Fsp3) is 0.552. The van der Waals surface area contributed by atoms with Crippen LogP contribution in [0.5, 0.6) is 0 Å². The van der Waals surface area contributed by atoms with E-state index >= 15 is 0 Å². The second kappa shape index (κ2) is 14.0. The van der Waals surface area contributed by atoms with Gasteiger partial charge in [0.05, 0.1) is 11.5 Å². The maximum Gasteiger partial charge on any atom is 0.229 e. The van der Waals surface area contributed by atoms with Crippen LogP contribution in [-0.4, -0.2) is 52.8 Å². The summed E-state index contributed by atoms with van der Waals surface area (Å²) in [7, 11) is 0. The van der Waals surface area contributed by atoms with Crippen LogP contribution >= 0.6 is 36.4 Å². The van der Waals surface area contributed by atoms with Gasteiger partial charge in [-0.05, 0) is 80.9 Å². The lowest BCUT2D eigenvalue weighted by molar-refractivity contribution is -0.139. The summed E-state index contributed by atoms with van der Waals surface area (Å²) >= 11 is 6.12. The zero-order chi connectivity index (χ0) is 25.0. The third kappa shape index (κ3) is 7.20. The summed E-state index contributed by atoms with van der Waals surface area (Å²) < 4.78 is 0. The fourth-order valence-corrected chi connectivity index (χ4v) is 6.36. The predicted octanol–water partition coefficient (Wildman–Crippen LogP) is 5.83. The number of nitrogens with zero attached hydrogens (tertiary/aromatic N) is 3. The van der Waals surface area contributed by atoms with E-state index in [2.05, 4.69) is 15.2 Å². The van der Waals surface area contributed by atoms with Crippen molar-refractivity contribution < 1.29 is 9.59 Å². The lowest BCUT2D eigenvalue weighted by Crippen LogP contribution is -2.45. The number of amides is 2. The average molecular weight is 582 g/mol. The van der Waals surface area contributed by atoms with Gasteiger partial charge in [0.2, 0.25) is 11.8 Å². The van der Waals surface area contributed by atoms with Crippen molar-refractivity contribution in [1.82, 2.24) is 20.1 Å². The van der Waals surface area contributed by atoms with Gasteiger partial charge in [-0.1, -0.05) is 42.6 Å². The zero-order valence-corrected chi connectivity index (χ0v) is 24.2. The molecule has 2 amide bonds. The van der Waals surface area contributed by atoms with Crippen LogP contribution in [0.15, 0.2) is 48.8 Å². The van der Waals surface area contributed by atoms with E-state index in [9.17, 15) is 9.59 Å². The van der Waals surface area contributed by atoms with Gasteiger partial charge in [0, 0.05) is 43.0 Å². The summed E-state index contributed by atoms with van der Waals surface area (Å²) in [6.07, 6.45) is 11.5. The van der Waals surface area contributed by atoms with Crippen molar-refractivity contribution >= 4 is 48.2 Å². The Hall–Kier alpha value is -1.86. The van der Waals surface area contributed by atoms with E-state index in [1.165, 1.54) is 0 Å². The molecule has 1 aliphatic carbocycles. The Morgan fingerprint density at radius 3 is 2.39 bits per heavy atom. The van der Waals surface area contributed by atoms with Gasteiger partial charge in [-0.3, -0.25) is 14.6 Å². The topological polar surface area (TPSA) is 65.5 Å². The standard InChI is InChI=1S/C29H37ClN4O2.2ClH/c30-25-9-7-23(8-10-25)26(32-27(35)24-5-1-2-6-24)11-16-33-17-12-29(13-18-33)14-19-34(28(29)36)21-22-4-3-15-31-20-22;;/h3-4,7-10,15,20,24,26H,1-2,5-6,11-14,16-19,21H2,(H,32,35);2*1H. The summed E-state index contributed by atoms with van der Waals surface area (Å²) in [6.45, 7) is 4.25. The third-order valence-corrected chi connectivity index (χ3v) is 8.81. The van der Waals surface area contributed by atoms with Crippen LogP contribution in [-0.2, 0) is 16.1 Å². The molecule has 3 heterocycles. The predicted molar refractivity (Wildman–Crippen MR) is 156 cm³/mol. The number of carbonyl (C=O) groups excluding carboxylic acids is 2. The maximum atomic E-state index is 13.3. The number of halogens is 3. The van der Waals surface area contributed by atoms with Crippen molar-refractivity contribution in [3.63, 3.8) is 0 Å². The Morgan fingerprint density at radius 2 is 1.74 bits per heavy atom. The summed E-state index contributed by atoms with van der Waals surface area (Å²) in [6, 6.07) is 11.8. The lowest BCUT2D eigenvalue weighted by Gasteiger charge is -2.38. The molecular formula is C29H39Cl3N4O2. The minimum absolute atomic E-state index is 0. The molecule has 1 atom stereocenters. The molecule has 3 fully saturated rings. The van der Waals surface area contributed by atoms with Crippen molar-refractivity contribution in [3.05, 3.63) is 64.9 Å². The first kappa shape index (κ1) is 30.7. The molecular weight excluding hydrogens is 543 g/mol. The van der Waals surface area contributed by atoms with Crippen LogP contribution in [0, 0.1) is 11.3 Å². The van der Waals surface area contributed by atoms with E-state index in [0.717, 1.165) is 88.7 Å². The number of likely N-dealkylation sites (tertiary alicyclic amines) is 2. The molecule has 208 valence electrons. The normalized spacial score (nSPS) is 20.1. The third-order valence-electron chi connectivity index (χ3n) is 8.56. The average Bonchev–Trinajstić information content (AvgIpc) is 3.54. The number of pyridine rings is 1. The molecule has 2 saturated heterocycles. The molecule has 5 rings (SSSR count). The second-order valence-electron chi connectivity index (χ2n) is 10.8. The highest BCUT2D eigenvalue weighted by Crippen LogP contribution is 2.42. The van der Waals surface area contributed by atoms with Gasteiger partial charge >= 0.3 is 0 Å². The number of nitrogens with one attached hydrogen (secondary N) is 1. The summed E-state index contributed by atoms with van der Waals surface area (Å²) in [5.74, 6) is 0.654. The zero-order valence-electron chi connectivity index (χ0n) is 21.8. The van der Waals surface area contributed by atoms with Gasteiger partial charge in [0.25, 0.3) is 0 Å². The smallest absolute Gasteiger partial charge is 0.229 e. The van der Waals surface area contributed by atoms with E-state index < -0.39 is 0 Å². The van der Waals surface area contributed by atoms with Gasteiger partial charge in [-0.25, -0.2) is 0 Å². The van der Waals surface area contributed by atoms with Crippen LogP contribution in [0.3, 0.4) is 0 Å². The molecule has 2 aliphatic heterocycles. The van der Waals surface area contributed by atoms with Crippen LogP contribution < -0.4 is 5.32 Å². The quantitative estimate of drug-likeness (QED) is 0.426. The second-order valence-corrected chi connectivity index (χ2v) is 11.3. The van der Waals surface area contributed by atoms with Crippen LogP contribution in [0.4, 0.5) is 0 Å². The van der Waals surface area contributed by atoms with E-state index in [1.54, 1.807) is 6.20 Å². The van der Waals surface area contributed by atoms with Gasteiger partial charge in [-0.15, -0.1) is 24.8 Å². The fourth-order valence-electron chi connectivity index (χ4n) is 6.23. The molecule has 0 bridgehead atoms. The van der Waals surface area contributed by atoms with E-state index in [1.807, 2.05) is 47.5 Å². The number of hydrogen-bond acceptors (Lipinski definition) is 4. The Labute approximate surface area is 243 Å². The highest BCUT2D eigenvalue weighted by Gasteiger charge is 2.47. The van der Waals surface area contributed by atoms with Crippen molar-refractivity contribution in [2.45, 2.75) is 64.0 Å². The van der Waals surface area contributed by atoms with Gasteiger partial charge in [-0.2, -0.15) is 0 Å². The molecule has 38 heavy (non-hydrogen) atoms. The Bertz CT molecular complexity index is 1040. The Morgan fingerprint density at radius 1 is 1.05 bits per heavy atom. The van der Waals surface area contributed by atoms with E-state index in [-0.39, 0.29) is 48.1 Å². The van der Waals surface area contributed by atoms with E-state index in [0.29, 0.717) is 17.5 Å². The molecule has 1 aromatic carbocycles. The Kier molecular flexibility index (Phi) is 11.3. The molecule has 1 aromatic heterocycles. The van der Waals surface area contributed by atoms with Crippen LogP contribution in [0.2, 0.25) is 5.02 Å². The molecule has 1 N–H and O–H groups in total. The van der Waals surface area contributed by atoms with Gasteiger partial charge in [0.1, 0.15) is 0 Å². The van der Waals surface area contributed by atoms with Crippen molar-refractivity contribution in [2.75, 3.05) is 26.2 Å². The van der Waals surface area contributed by atoms with Gasteiger partial charge < -0.3 is 15.1 Å². The molecule has 6 nitrogen and oxygen atoms in total. The summed E-state index contributed by atoms with van der Waals surface area (Å²) in [5.41, 5.74) is 2.00. The van der Waals surface area contributed by atoms with E-state index in [4.69, 9.17) is 11.6 Å². The van der Waals surface area contributed by atoms with Crippen molar-refractivity contribution in [1.29, 1.82) is 0 Å². The lowest BCUT2D eigenvalue weighted by atomic mass is 9.77. The minimum Gasteiger partial charge on any atom is -0.349 e. The van der Waals surface area contributed by atoms with Crippen LogP contribution in [0.25, 0.3) is 0 Å². The van der Waals surface area contributed by atoms with Crippen molar-refractivity contribution in [3.8, 4) is 0 Å². The van der Waals surface area contributed by atoms with Crippen LogP contribution in [0.1, 0.15) is 68.5 Å². The number of carbonyl (C=O) groups is 2. The highest BCUT2D eigenvalue weighted by atomic mass is 35.5. The first-order valence-electron chi connectivity index (χ1n) is 13.5. The number of hydrogen-bond donors (Lipinski definition) is 1. The number of aromatic nitrogens is 1. The summed E-state index contributed by atoms with van der Waals surface area (Å²) in [5, 5.41) is 4.05. The SMILES string of the molecule is Cl.Cl.O=C(NC(CCN1CCC2(CC1)CCN(Cc1cccnc1)C2=O)c1ccc(Cl)cc1)C1CCCC1. The largest absolute Gasteiger partial charge is 0.349 e. The van der Waals surface area contributed by atoms with Gasteiger partial charge in [0.15, 0.2) is 0 Å². The van der Waals surface area contributed by atoms with Crippen molar-refractivity contribution in [2.24, 2.45) is 11.3 Å². The maximum absolute atomic E-state index is 13.3. The molecule has 1 unspecified atom stereocenters. The molecule has 0 radical (unpaired) electrons. The molecule has 1 saturated carbocycles. The first-order valence-corrected chi connectivity index (χ1v) is 13.9. The highest BCUT2D eigenvalue weighted by molar-refractivity contribution is 6.30. The number of benzene rings is 1. The molecule has 2 aromatic rings. The number of rotatable bonds is 8. The molecule has 9 heteroatoms.